The summed E-state index contributed by atoms with van der Waals surface area (Å²) in [7, 11) is 0. The molecule has 1 aromatic carbocycles. The standard InChI is InChI=1S/C15H24N2O/c1-3-13-6-4-5-7-14(13)11-17-15(18)9-8-12(2)10-16/h4-7,12H,3,8-11,16H2,1-2H3,(H,17,18). The van der Waals surface area contributed by atoms with E-state index in [1.165, 1.54) is 11.1 Å². The van der Waals surface area contributed by atoms with Gasteiger partial charge in [0.1, 0.15) is 0 Å². The lowest BCUT2D eigenvalue weighted by molar-refractivity contribution is -0.121. The second-order valence-electron chi connectivity index (χ2n) is 4.78. The smallest absolute Gasteiger partial charge is 0.220 e. The summed E-state index contributed by atoms with van der Waals surface area (Å²) in [5.41, 5.74) is 8.04. The van der Waals surface area contributed by atoms with Gasteiger partial charge < -0.3 is 11.1 Å². The van der Waals surface area contributed by atoms with E-state index >= 15 is 0 Å². The van der Waals surface area contributed by atoms with E-state index in [0.29, 0.717) is 25.4 Å². The third-order valence-corrected chi connectivity index (χ3v) is 3.24. The van der Waals surface area contributed by atoms with Crippen LogP contribution in [0.5, 0.6) is 0 Å². The number of carbonyl (C=O) groups is 1. The van der Waals surface area contributed by atoms with E-state index < -0.39 is 0 Å². The van der Waals surface area contributed by atoms with Gasteiger partial charge in [0.05, 0.1) is 0 Å². The minimum atomic E-state index is 0.112. The third kappa shape index (κ3) is 4.88. The van der Waals surface area contributed by atoms with E-state index in [1.807, 2.05) is 12.1 Å². The van der Waals surface area contributed by atoms with Crippen LogP contribution in [0.4, 0.5) is 0 Å². The van der Waals surface area contributed by atoms with Crippen molar-refractivity contribution in [3.8, 4) is 0 Å². The molecule has 0 aliphatic heterocycles. The second kappa shape index (κ2) is 7.88. The fourth-order valence-electron chi connectivity index (χ4n) is 1.85. The van der Waals surface area contributed by atoms with Gasteiger partial charge >= 0.3 is 0 Å². The van der Waals surface area contributed by atoms with Gasteiger partial charge in [0.25, 0.3) is 0 Å². The number of aryl methyl sites for hydroxylation is 1. The van der Waals surface area contributed by atoms with Gasteiger partial charge in [0, 0.05) is 13.0 Å². The summed E-state index contributed by atoms with van der Waals surface area (Å²) in [6.07, 6.45) is 2.42. The van der Waals surface area contributed by atoms with Crippen molar-refractivity contribution in [2.45, 2.75) is 39.7 Å². The van der Waals surface area contributed by atoms with Gasteiger partial charge in [-0.15, -0.1) is 0 Å². The van der Waals surface area contributed by atoms with Gasteiger partial charge in [-0.25, -0.2) is 0 Å². The van der Waals surface area contributed by atoms with Crippen LogP contribution in [0.1, 0.15) is 37.8 Å². The number of nitrogens with two attached hydrogens (primary N) is 1. The first kappa shape index (κ1) is 14.7. The molecule has 0 saturated heterocycles. The molecule has 0 aliphatic rings. The number of rotatable bonds is 7. The van der Waals surface area contributed by atoms with Crippen LogP contribution in [0, 0.1) is 5.92 Å². The van der Waals surface area contributed by atoms with Crippen LogP contribution in [-0.4, -0.2) is 12.5 Å². The van der Waals surface area contributed by atoms with Crippen LogP contribution >= 0.6 is 0 Å². The summed E-state index contributed by atoms with van der Waals surface area (Å²) in [6, 6.07) is 8.23. The first-order chi connectivity index (χ1) is 8.67. The highest BCUT2D eigenvalue weighted by Crippen LogP contribution is 2.09. The number of hydrogen-bond donors (Lipinski definition) is 2. The number of amides is 1. The normalized spacial score (nSPS) is 12.2. The molecule has 0 fully saturated rings. The Bertz CT molecular complexity index is 377. The predicted octanol–water partition coefficient (Wildman–Crippen LogP) is 2.24. The summed E-state index contributed by atoms with van der Waals surface area (Å²) >= 11 is 0. The van der Waals surface area contributed by atoms with Crippen LogP contribution in [0.2, 0.25) is 0 Å². The highest BCUT2D eigenvalue weighted by atomic mass is 16.1. The topological polar surface area (TPSA) is 55.1 Å². The van der Waals surface area contributed by atoms with E-state index in [2.05, 4.69) is 31.3 Å². The Morgan fingerprint density at radius 1 is 1.33 bits per heavy atom. The quantitative estimate of drug-likeness (QED) is 0.777. The van der Waals surface area contributed by atoms with E-state index in [0.717, 1.165) is 12.8 Å². The monoisotopic (exact) mass is 248 g/mol. The van der Waals surface area contributed by atoms with Crippen LogP contribution in [0.3, 0.4) is 0 Å². The Balaban J connectivity index is 2.38. The zero-order chi connectivity index (χ0) is 13.4. The average Bonchev–Trinajstić information content (AvgIpc) is 2.42. The molecule has 1 atom stereocenters. The van der Waals surface area contributed by atoms with Gasteiger partial charge in [0.2, 0.25) is 5.91 Å². The van der Waals surface area contributed by atoms with Crippen LogP contribution in [0.25, 0.3) is 0 Å². The Morgan fingerprint density at radius 3 is 2.61 bits per heavy atom. The van der Waals surface area contributed by atoms with Crippen molar-refractivity contribution in [2.24, 2.45) is 11.7 Å². The maximum atomic E-state index is 11.7. The zero-order valence-electron chi connectivity index (χ0n) is 11.4. The second-order valence-corrected chi connectivity index (χ2v) is 4.78. The Hall–Kier alpha value is -1.35. The van der Waals surface area contributed by atoms with Crippen LogP contribution in [-0.2, 0) is 17.8 Å². The van der Waals surface area contributed by atoms with Crippen molar-refractivity contribution in [2.75, 3.05) is 6.54 Å². The molecule has 0 bridgehead atoms. The molecule has 1 rings (SSSR count). The van der Waals surface area contributed by atoms with Crippen molar-refractivity contribution in [3.63, 3.8) is 0 Å². The van der Waals surface area contributed by atoms with Crippen molar-refractivity contribution >= 4 is 5.91 Å². The van der Waals surface area contributed by atoms with Crippen LogP contribution in [0.15, 0.2) is 24.3 Å². The Morgan fingerprint density at radius 2 is 2.00 bits per heavy atom. The van der Waals surface area contributed by atoms with E-state index in [1.54, 1.807) is 0 Å². The molecular formula is C15H24N2O. The summed E-state index contributed by atoms with van der Waals surface area (Å²) in [6.45, 7) is 5.47. The van der Waals surface area contributed by atoms with Crippen LogP contribution < -0.4 is 11.1 Å². The molecule has 1 amide bonds. The summed E-state index contributed by atoms with van der Waals surface area (Å²) < 4.78 is 0. The molecule has 18 heavy (non-hydrogen) atoms. The van der Waals surface area contributed by atoms with Crippen molar-refractivity contribution in [3.05, 3.63) is 35.4 Å². The fourth-order valence-corrected chi connectivity index (χ4v) is 1.85. The van der Waals surface area contributed by atoms with Gasteiger partial charge in [-0.05, 0) is 36.4 Å². The van der Waals surface area contributed by atoms with Crippen molar-refractivity contribution in [1.82, 2.24) is 5.32 Å². The number of benzene rings is 1. The van der Waals surface area contributed by atoms with E-state index in [-0.39, 0.29) is 5.91 Å². The molecule has 100 valence electrons. The number of hydrogen-bond acceptors (Lipinski definition) is 2. The Labute approximate surface area is 110 Å². The van der Waals surface area contributed by atoms with Gasteiger partial charge in [-0.3, -0.25) is 4.79 Å². The molecular weight excluding hydrogens is 224 g/mol. The van der Waals surface area contributed by atoms with E-state index in [4.69, 9.17) is 5.73 Å². The lowest BCUT2D eigenvalue weighted by Gasteiger charge is -2.11. The Kier molecular flexibility index (Phi) is 6.44. The summed E-state index contributed by atoms with van der Waals surface area (Å²) in [5.74, 6) is 0.528. The minimum absolute atomic E-state index is 0.112. The largest absolute Gasteiger partial charge is 0.352 e. The van der Waals surface area contributed by atoms with Gasteiger partial charge in [0.15, 0.2) is 0 Å². The fraction of sp³-hybridized carbons (Fsp3) is 0.533. The molecule has 3 nitrogen and oxygen atoms in total. The lowest BCUT2D eigenvalue weighted by Crippen LogP contribution is -2.24. The molecule has 0 heterocycles. The molecule has 3 N–H and O–H groups in total. The number of nitrogens with one attached hydrogen (secondary N) is 1. The predicted molar refractivity (Wildman–Crippen MR) is 75.1 cm³/mol. The molecule has 0 radical (unpaired) electrons. The zero-order valence-corrected chi connectivity index (χ0v) is 11.4. The first-order valence-electron chi connectivity index (χ1n) is 6.70. The maximum absolute atomic E-state index is 11.7. The van der Waals surface area contributed by atoms with Crippen molar-refractivity contribution < 1.29 is 4.79 Å². The molecule has 3 heteroatoms. The summed E-state index contributed by atoms with van der Waals surface area (Å²) in [5, 5.41) is 2.97. The third-order valence-electron chi connectivity index (χ3n) is 3.24. The molecule has 0 aromatic heterocycles. The molecule has 0 spiro atoms. The summed E-state index contributed by atoms with van der Waals surface area (Å²) in [4.78, 5) is 11.7. The highest BCUT2D eigenvalue weighted by Gasteiger charge is 2.06. The van der Waals surface area contributed by atoms with Gasteiger partial charge in [-0.1, -0.05) is 38.1 Å². The highest BCUT2D eigenvalue weighted by molar-refractivity contribution is 5.75. The maximum Gasteiger partial charge on any atom is 0.220 e. The molecule has 1 aromatic rings. The lowest BCUT2D eigenvalue weighted by atomic mass is 10.0. The first-order valence-corrected chi connectivity index (χ1v) is 6.70. The number of carbonyl (C=O) groups excluding carboxylic acids is 1. The molecule has 0 aliphatic carbocycles. The average molecular weight is 248 g/mol. The molecule has 0 saturated carbocycles. The van der Waals surface area contributed by atoms with E-state index in [9.17, 15) is 4.79 Å². The molecule has 1 unspecified atom stereocenters. The minimum Gasteiger partial charge on any atom is -0.352 e. The SMILES string of the molecule is CCc1ccccc1CNC(=O)CCC(C)CN. The van der Waals surface area contributed by atoms with Gasteiger partial charge in [-0.2, -0.15) is 0 Å². The van der Waals surface area contributed by atoms with Crippen molar-refractivity contribution in [1.29, 1.82) is 0 Å².